The number of aliphatic hydroxyl groups is 1. The lowest BCUT2D eigenvalue weighted by Crippen LogP contribution is -2.36. The van der Waals surface area contributed by atoms with Gasteiger partial charge in [-0.05, 0) is 31.1 Å². The zero-order valence-corrected chi connectivity index (χ0v) is 10.8. The maximum absolute atomic E-state index is 11.5. The Labute approximate surface area is 107 Å². The highest BCUT2D eigenvalue weighted by molar-refractivity contribution is 5.82. The molecular formula is C13H22N2O3. The van der Waals surface area contributed by atoms with Gasteiger partial charge in [0.2, 0.25) is 11.8 Å². The van der Waals surface area contributed by atoms with Crippen LogP contribution < -0.4 is 10.6 Å². The third-order valence-corrected chi connectivity index (χ3v) is 3.77. The van der Waals surface area contributed by atoms with Gasteiger partial charge >= 0.3 is 0 Å². The molecule has 3 unspecified atom stereocenters. The molecule has 0 aliphatic heterocycles. The van der Waals surface area contributed by atoms with Crippen molar-refractivity contribution in [3.8, 4) is 0 Å². The van der Waals surface area contributed by atoms with Crippen LogP contribution in [0.15, 0.2) is 0 Å². The first-order valence-electron chi connectivity index (χ1n) is 6.80. The molecule has 2 rings (SSSR count). The number of carbonyl (C=O) groups is 2. The van der Waals surface area contributed by atoms with Crippen molar-refractivity contribution in [1.82, 2.24) is 10.6 Å². The minimum atomic E-state index is -0.407. The molecule has 18 heavy (non-hydrogen) atoms. The number of aliphatic hydroxyl groups excluding tert-OH is 1. The van der Waals surface area contributed by atoms with E-state index in [0.29, 0.717) is 24.9 Å². The van der Waals surface area contributed by atoms with Gasteiger partial charge in [0.1, 0.15) is 0 Å². The van der Waals surface area contributed by atoms with E-state index in [4.69, 9.17) is 0 Å². The van der Waals surface area contributed by atoms with Crippen LogP contribution in [0, 0.1) is 17.8 Å². The first-order chi connectivity index (χ1) is 8.58. The molecule has 2 amide bonds. The summed E-state index contributed by atoms with van der Waals surface area (Å²) < 4.78 is 0. The molecule has 3 N–H and O–H groups in total. The molecule has 102 valence electrons. The van der Waals surface area contributed by atoms with Gasteiger partial charge in [-0.2, -0.15) is 0 Å². The predicted molar refractivity (Wildman–Crippen MR) is 66.6 cm³/mol. The second kappa shape index (κ2) is 5.69. The second-order valence-electron chi connectivity index (χ2n) is 5.57. The Hall–Kier alpha value is -1.10. The van der Waals surface area contributed by atoms with Crippen molar-refractivity contribution < 1.29 is 14.7 Å². The third kappa shape index (κ3) is 3.98. The van der Waals surface area contributed by atoms with Gasteiger partial charge in [0.15, 0.2) is 0 Å². The fourth-order valence-corrected chi connectivity index (χ4v) is 2.07. The molecule has 5 heteroatoms. The molecule has 0 saturated heterocycles. The molecule has 0 spiro atoms. The van der Waals surface area contributed by atoms with Gasteiger partial charge in [-0.1, -0.05) is 6.92 Å². The van der Waals surface area contributed by atoms with Crippen LogP contribution in [0.3, 0.4) is 0 Å². The Bertz CT molecular complexity index is 328. The number of amides is 2. The first-order valence-corrected chi connectivity index (χ1v) is 6.80. The summed E-state index contributed by atoms with van der Waals surface area (Å²) in [5.74, 6) is 0.978. The smallest absolute Gasteiger partial charge is 0.223 e. The lowest BCUT2D eigenvalue weighted by atomic mass is 10.2. The van der Waals surface area contributed by atoms with Gasteiger partial charge < -0.3 is 15.7 Å². The molecule has 5 nitrogen and oxygen atoms in total. The Morgan fingerprint density at radius 3 is 2.56 bits per heavy atom. The standard InChI is InChI=1S/C13H22N2O3/c1-8-6-10(8)13(18)14-5-4-12(17)15-7-11(16)9-2-3-9/h8-11,16H,2-7H2,1H3,(H,14,18)(H,15,17). The highest BCUT2D eigenvalue weighted by Crippen LogP contribution is 2.37. The van der Waals surface area contributed by atoms with Gasteiger partial charge in [-0.25, -0.2) is 0 Å². The molecule has 2 saturated carbocycles. The van der Waals surface area contributed by atoms with E-state index in [2.05, 4.69) is 17.6 Å². The zero-order chi connectivity index (χ0) is 13.1. The van der Waals surface area contributed by atoms with Crippen molar-refractivity contribution in [2.75, 3.05) is 13.1 Å². The van der Waals surface area contributed by atoms with Gasteiger partial charge in [0, 0.05) is 25.4 Å². The van der Waals surface area contributed by atoms with E-state index in [0.717, 1.165) is 19.3 Å². The number of hydrogen-bond donors (Lipinski definition) is 3. The quantitative estimate of drug-likeness (QED) is 0.600. The maximum Gasteiger partial charge on any atom is 0.223 e. The van der Waals surface area contributed by atoms with Gasteiger partial charge in [0.05, 0.1) is 6.10 Å². The van der Waals surface area contributed by atoms with Crippen molar-refractivity contribution in [1.29, 1.82) is 0 Å². The van der Waals surface area contributed by atoms with E-state index in [9.17, 15) is 14.7 Å². The summed E-state index contributed by atoms with van der Waals surface area (Å²) in [4.78, 5) is 22.9. The number of nitrogens with one attached hydrogen (secondary N) is 2. The van der Waals surface area contributed by atoms with Crippen LogP contribution in [-0.4, -0.2) is 36.1 Å². The van der Waals surface area contributed by atoms with Crippen LogP contribution in [0.4, 0.5) is 0 Å². The van der Waals surface area contributed by atoms with Crippen molar-refractivity contribution in [2.24, 2.45) is 17.8 Å². The fraction of sp³-hybridized carbons (Fsp3) is 0.846. The van der Waals surface area contributed by atoms with Crippen LogP contribution in [0.1, 0.15) is 32.6 Å². The van der Waals surface area contributed by atoms with E-state index in [1.807, 2.05) is 0 Å². The first kappa shape index (κ1) is 13.3. The summed E-state index contributed by atoms with van der Waals surface area (Å²) in [5, 5.41) is 15.0. The highest BCUT2D eigenvalue weighted by Gasteiger charge is 2.38. The monoisotopic (exact) mass is 254 g/mol. The summed E-state index contributed by atoms with van der Waals surface area (Å²) in [7, 11) is 0. The zero-order valence-electron chi connectivity index (χ0n) is 10.8. The molecule has 0 bridgehead atoms. The summed E-state index contributed by atoms with van der Waals surface area (Å²) in [6.07, 6.45) is 2.96. The molecular weight excluding hydrogens is 232 g/mol. The van der Waals surface area contributed by atoms with Crippen molar-refractivity contribution in [2.45, 2.75) is 38.7 Å². The van der Waals surface area contributed by atoms with Crippen LogP contribution >= 0.6 is 0 Å². The Morgan fingerprint density at radius 1 is 1.33 bits per heavy atom. The molecule has 0 heterocycles. The lowest BCUT2D eigenvalue weighted by Gasteiger charge is -2.10. The average Bonchev–Trinajstić information content (AvgIpc) is 3.19. The molecule has 2 fully saturated rings. The molecule has 3 atom stereocenters. The van der Waals surface area contributed by atoms with E-state index < -0.39 is 6.10 Å². The maximum atomic E-state index is 11.5. The van der Waals surface area contributed by atoms with Crippen molar-refractivity contribution in [3.05, 3.63) is 0 Å². The van der Waals surface area contributed by atoms with Crippen LogP contribution in [0.5, 0.6) is 0 Å². The topological polar surface area (TPSA) is 78.4 Å². The molecule has 0 aromatic carbocycles. The minimum Gasteiger partial charge on any atom is -0.391 e. The fourth-order valence-electron chi connectivity index (χ4n) is 2.07. The van der Waals surface area contributed by atoms with E-state index in [-0.39, 0.29) is 24.2 Å². The molecule has 2 aliphatic carbocycles. The predicted octanol–water partition coefficient (Wildman–Crippen LogP) is 0.0358. The number of rotatable bonds is 7. The Kier molecular flexibility index (Phi) is 4.22. The van der Waals surface area contributed by atoms with Crippen LogP contribution in [0.2, 0.25) is 0 Å². The number of carbonyl (C=O) groups excluding carboxylic acids is 2. The highest BCUT2D eigenvalue weighted by atomic mass is 16.3. The largest absolute Gasteiger partial charge is 0.391 e. The van der Waals surface area contributed by atoms with Gasteiger partial charge in [-0.15, -0.1) is 0 Å². The minimum absolute atomic E-state index is 0.0633. The average molecular weight is 254 g/mol. The second-order valence-corrected chi connectivity index (χ2v) is 5.57. The van der Waals surface area contributed by atoms with Crippen LogP contribution in [-0.2, 0) is 9.59 Å². The van der Waals surface area contributed by atoms with Gasteiger partial charge in [0.25, 0.3) is 0 Å². The molecule has 0 radical (unpaired) electrons. The van der Waals surface area contributed by atoms with Crippen molar-refractivity contribution >= 4 is 11.8 Å². The van der Waals surface area contributed by atoms with Gasteiger partial charge in [-0.3, -0.25) is 9.59 Å². The van der Waals surface area contributed by atoms with E-state index in [1.54, 1.807) is 0 Å². The third-order valence-electron chi connectivity index (χ3n) is 3.77. The molecule has 0 aromatic rings. The summed E-state index contributed by atoms with van der Waals surface area (Å²) in [6, 6.07) is 0. The van der Waals surface area contributed by atoms with Crippen molar-refractivity contribution in [3.63, 3.8) is 0 Å². The SMILES string of the molecule is CC1CC1C(=O)NCCC(=O)NCC(O)C1CC1. The summed E-state index contributed by atoms with van der Waals surface area (Å²) in [6.45, 7) is 2.76. The van der Waals surface area contributed by atoms with E-state index in [1.165, 1.54) is 0 Å². The molecule has 2 aliphatic rings. The summed E-state index contributed by atoms with van der Waals surface area (Å²) in [5.41, 5.74) is 0. The van der Waals surface area contributed by atoms with Crippen LogP contribution in [0.25, 0.3) is 0 Å². The Morgan fingerprint density at radius 2 is 2.00 bits per heavy atom. The van der Waals surface area contributed by atoms with E-state index >= 15 is 0 Å². The lowest BCUT2D eigenvalue weighted by molar-refractivity contribution is -0.123. The normalized spacial score (nSPS) is 27.4. The number of hydrogen-bond acceptors (Lipinski definition) is 3. The molecule has 0 aromatic heterocycles. The summed E-state index contributed by atoms with van der Waals surface area (Å²) >= 11 is 0. The Balaban J connectivity index is 1.50.